The molecule has 8 nitrogen and oxygen atoms in total. The molecular formula is C18H35N3O5. The average molecular weight is 373 g/mol. The summed E-state index contributed by atoms with van der Waals surface area (Å²) in [5.74, 6) is 0. The van der Waals surface area contributed by atoms with Crippen molar-refractivity contribution in [2.75, 3.05) is 66.6 Å². The third-order valence-corrected chi connectivity index (χ3v) is 3.60. The van der Waals surface area contributed by atoms with Gasteiger partial charge in [-0.3, -0.25) is 4.68 Å². The SMILES string of the molecule is CCOCCOCCOCCCOCCc1cn(CCCCOC)nn1. The maximum Gasteiger partial charge on any atom is 0.0850 e. The second-order valence-corrected chi connectivity index (χ2v) is 5.81. The maximum absolute atomic E-state index is 5.61. The highest BCUT2D eigenvalue weighted by Gasteiger charge is 2.01. The Kier molecular flexibility index (Phi) is 15.3. The van der Waals surface area contributed by atoms with Gasteiger partial charge in [-0.25, -0.2) is 0 Å². The van der Waals surface area contributed by atoms with Crippen LogP contribution >= 0.6 is 0 Å². The summed E-state index contributed by atoms with van der Waals surface area (Å²) in [6.45, 7) is 8.89. The van der Waals surface area contributed by atoms with E-state index in [-0.39, 0.29) is 0 Å². The Bertz CT molecular complexity index is 417. The van der Waals surface area contributed by atoms with Gasteiger partial charge in [0.1, 0.15) is 0 Å². The van der Waals surface area contributed by atoms with E-state index in [2.05, 4.69) is 10.3 Å². The van der Waals surface area contributed by atoms with Crippen molar-refractivity contribution in [2.24, 2.45) is 0 Å². The zero-order valence-corrected chi connectivity index (χ0v) is 16.4. The fraction of sp³-hybridized carbons (Fsp3) is 0.889. The number of aromatic nitrogens is 3. The van der Waals surface area contributed by atoms with Crippen LogP contribution in [0.2, 0.25) is 0 Å². The summed E-state index contributed by atoms with van der Waals surface area (Å²) in [6.07, 6.45) is 5.74. The van der Waals surface area contributed by atoms with Crippen molar-refractivity contribution in [1.82, 2.24) is 15.0 Å². The molecular weight excluding hydrogens is 338 g/mol. The van der Waals surface area contributed by atoms with Crippen molar-refractivity contribution < 1.29 is 23.7 Å². The fourth-order valence-electron chi connectivity index (χ4n) is 2.21. The van der Waals surface area contributed by atoms with Crippen molar-refractivity contribution in [1.29, 1.82) is 0 Å². The van der Waals surface area contributed by atoms with Crippen LogP contribution in [-0.2, 0) is 36.6 Å². The Balaban J connectivity index is 1.85. The highest BCUT2D eigenvalue weighted by atomic mass is 16.5. The molecule has 0 saturated heterocycles. The molecule has 0 N–H and O–H groups in total. The molecule has 0 atom stereocenters. The first-order valence-corrected chi connectivity index (χ1v) is 9.55. The van der Waals surface area contributed by atoms with Crippen LogP contribution in [-0.4, -0.2) is 81.6 Å². The van der Waals surface area contributed by atoms with Gasteiger partial charge < -0.3 is 23.7 Å². The van der Waals surface area contributed by atoms with E-state index in [1.54, 1.807) is 7.11 Å². The minimum atomic E-state index is 0.606. The number of aryl methyl sites for hydroxylation is 1. The van der Waals surface area contributed by atoms with Gasteiger partial charge in [-0.2, -0.15) is 0 Å². The summed E-state index contributed by atoms with van der Waals surface area (Å²) < 4.78 is 28.6. The van der Waals surface area contributed by atoms with Crippen LogP contribution in [0.1, 0.15) is 31.9 Å². The zero-order valence-electron chi connectivity index (χ0n) is 16.4. The largest absolute Gasteiger partial charge is 0.385 e. The fourth-order valence-corrected chi connectivity index (χ4v) is 2.21. The Morgan fingerprint density at radius 1 is 0.808 bits per heavy atom. The lowest BCUT2D eigenvalue weighted by Gasteiger charge is -2.06. The van der Waals surface area contributed by atoms with Crippen LogP contribution in [0.3, 0.4) is 0 Å². The summed E-state index contributed by atoms with van der Waals surface area (Å²) in [5.41, 5.74) is 0.970. The Morgan fingerprint density at radius 2 is 1.50 bits per heavy atom. The second-order valence-electron chi connectivity index (χ2n) is 5.81. The maximum atomic E-state index is 5.61. The molecule has 152 valence electrons. The molecule has 26 heavy (non-hydrogen) atoms. The van der Waals surface area contributed by atoms with Gasteiger partial charge in [0.2, 0.25) is 0 Å². The first kappa shape index (κ1) is 23.0. The molecule has 0 bridgehead atoms. The minimum absolute atomic E-state index is 0.606. The van der Waals surface area contributed by atoms with Gasteiger partial charge in [0, 0.05) is 52.7 Å². The van der Waals surface area contributed by atoms with Gasteiger partial charge in [0.15, 0.2) is 0 Å². The lowest BCUT2D eigenvalue weighted by Crippen LogP contribution is -2.10. The Hall–Kier alpha value is -1.06. The number of ether oxygens (including phenoxy) is 5. The van der Waals surface area contributed by atoms with E-state index in [1.807, 2.05) is 17.8 Å². The van der Waals surface area contributed by atoms with Gasteiger partial charge in [-0.05, 0) is 26.2 Å². The van der Waals surface area contributed by atoms with E-state index < -0.39 is 0 Å². The lowest BCUT2D eigenvalue weighted by molar-refractivity contribution is 0.0119. The van der Waals surface area contributed by atoms with Crippen molar-refractivity contribution >= 4 is 0 Å². The predicted molar refractivity (Wildman–Crippen MR) is 98.4 cm³/mol. The molecule has 8 heteroatoms. The summed E-state index contributed by atoms with van der Waals surface area (Å²) >= 11 is 0. The van der Waals surface area contributed by atoms with Gasteiger partial charge >= 0.3 is 0 Å². The van der Waals surface area contributed by atoms with Crippen LogP contribution in [0, 0.1) is 0 Å². The third kappa shape index (κ3) is 13.2. The summed E-state index contributed by atoms with van der Waals surface area (Å²) in [7, 11) is 1.72. The van der Waals surface area contributed by atoms with E-state index in [4.69, 9.17) is 23.7 Å². The third-order valence-electron chi connectivity index (χ3n) is 3.60. The molecule has 0 aliphatic heterocycles. The molecule has 0 saturated carbocycles. The standard InChI is InChI=1S/C18H35N3O5/c1-3-23-13-14-26-16-15-25-11-6-10-24-12-7-18-17-21(20-19-18)8-4-5-9-22-2/h17H,3-16H2,1-2H3. The molecule has 1 rings (SSSR count). The molecule has 0 aliphatic rings. The highest BCUT2D eigenvalue weighted by Crippen LogP contribution is 1.99. The van der Waals surface area contributed by atoms with Gasteiger partial charge in [0.25, 0.3) is 0 Å². The number of hydrogen-bond acceptors (Lipinski definition) is 7. The molecule has 1 heterocycles. The minimum Gasteiger partial charge on any atom is -0.385 e. The number of unbranched alkanes of at least 4 members (excludes halogenated alkanes) is 1. The number of nitrogens with zero attached hydrogens (tertiary/aromatic N) is 3. The monoisotopic (exact) mass is 373 g/mol. The second kappa shape index (κ2) is 17.4. The van der Waals surface area contributed by atoms with E-state index in [9.17, 15) is 0 Å². The normalized spacial score (nSPS) is 11.3. The number of hydrogen-bond donors (Lipinski definition) is 0. The van der Waals surface area contributed by atoms with Crippen LogP contribution < -0.4 is 0 Å². The Morgan fingerprint density at radius 3 is 2.23 bits per heavy atom. The van der Waals surface area contributed by atoms with E-state index in [0.29, 0.717) is 46.2 Å². The van der Waals surface area contributed by atoms with Crippen molar-refractivity contribution in [3.63, 3.8) is 0 Å². The van der Waals surface area contributed by atoms with Crippen molar-refractivity contribution in [2.45, 2.75) is 39.2 Å². The van der Waals surface area contributed by atoms with Crippen LogP contribution in [0.5, 0.6) is 0 Å². The molecule has 0 aromatic carbocycles. The average Bonchev–Trinajstić information content (AvgIpc) is 3.10. The topological polar surface area (TPSA) is 76.9 Å². The summed E-state index contributed by atoms with van der Waals surface area (Å²) in [6, 6.07) is 0. The smallest absolute Gasteiger partial charge is 0.0850 e. The zero-order chi connectivity index (χ0) is 18.7. The summed E-state index contributed by atoms with van der Waals surface area (Å²) in [4.78, 5) is 0. The van der Waals surface area contributed by atoms with Gasteiger partial charge in [-0.15, -0.1) is 5.10 Å². The predicted octanol–water partition coefficient (Wildman–Crippen LogP) is 1.72. The molecule has 0 radical (unpaired) electrons. The first-order valence-electron chi connectivity index (χ1n) is 9.55. The molecule has 1 aromatic heterocycles. The summed E-state index contributed by atoms with van der Waals surface area (Å²) in [5, 5.41) is 8.29. The van der Waals surface area contributed by atoms with Crippen molar-refractivity contribution in [3.05, 3.63) is 11.9 Å². The van der Waals surface area contributed by atoms with Gasteiger partial charge in [0.05, 0.1) is 38.7 Å². The van der Waals surface area contributed by atoms with Gasteiger partial charge in [-0.1, -0.05) is 5.21 Å². The van der Waals surface area contributed by atoms with Crippen LogP contribution in [0.25, 0.3) is 0 Å². The molecule has 0 amide bonds. The molecule has 0 unspecified atom stereocenters. The van der Waals surface area contributed by atoms with E-state index >= 15 is 0 Å². The first-order chi connectivity index (χ1) is 12.9. The van der Waals surface area contributed by atoms with E-state index in [0.717, 1.165) is 51.1 Å². The quantitative estimate of drug-likeness (QED) is 0.342. The molecule has 1 aromatic rings. The number of rotatable bonds is 19. The Labute approximate surface area is 157 Å². The highest BCUT2D eigenvalue weighted by molar-refractivity contribution is 4.92. The van der Waals surface area contributed by atoms with Crippen LogP contribution in [0.15, 0.2) is 6.20 Å². The van der Waals surface area contributed by atoms with Crippen LogP contribution in [0.4, 0.5) is 0 Å². The van der Waals surface area contributed by atoms with E-state index in [1.165, 1.54) is 0 Å². The molecule has 0 fully saturated rings. The lowest BCUT2D eigenvalue weighted by atomic mass is 10.3. The molecule has 0 spiro atoms. The molecule has 0 aliphatic carbocycles. The number of methoxy groups -OCH3 is 1. The van der Waals surface area contributed by atoms with Crippen molar-refractivity contribution in [3.8, 4) is 0 Å².